The summed E-state index contributed by atoms with van der Waals surface area (Å²) in [4.78, 5) is 4.62. The van der Waals surface area contributed by atoms with Crippen LogP contribution in [0, 0.1) is 0 Å². The van der Waals surface area contributed by atoms with E-state index in [4.69, 9.17) is 22.2 Å². The van der Waals surface area contributed by atoms with Crippen LogP contribution >= 0.6 is 24.0 Å². The molecule has 0 atom stereocenters. The predicted octanol–water partition coefficient (Wildman–Crippen LogP) is 2.77. The third kappa shape index (κ3) is 4.15. The summed E-state index contributed by atoms with van der Waals surface area (Å²) in [6, 6.07) is 6.99. The van der Waals surface area contributed by atoms with Crippen LogP contribution < -0.4 is 10.6 Å². The van der Waals surface area contributed by atoms with Crippen molar-refractivity contribution < 1.29 is 9.57 Å². The van der Waals surface area contributed by atoms with Crippen LogP contribution in [0.1, 0.15) is 13.8 Å². The summed E-state index contributed by atoms with van der Waals surface area (Å²) in [5, 5.41) is 0.666. The number of hydrogen-bond acceptors (Lipinski definition) is 3. The topological polar surface area (TPSA) is 44.5 Å². The fourth-order valence-corrected chi connectivity index (χ4v) is 0.936. The van der Waals surface area contributed by atoms with E-state index in [2.05, 4.69) is 4.84 Å². The lowest BCUT2D eigenvalue weighted by Gasteiger charge is -2.23. The summed E-state index contributed by atoms with van der Waals surface area (Å²) < 4.78 is 5.40. The summed E-state index contributed by atoms with van der Waals surface area (Å²) >= 11 is 5.71. The van der Waals surface area contributed by atoms with Crippen molar-refractivity contribution in [1.29, 1.82) is 0 Å². The highest BCUT2D eigenvalue weighted by Gasteiger charge is 2.18. The molecule has 0 aliphatic carbocycles. The molecule has 0 saturated carbocycles. The first-order valence-electron chi connectivity index (χ1n) is 3.86. The van der Waals surface area contributed by atoms with Crippen LogP contribution in [0.4, 0.5) is 0 Å². The average molecular weight is 238 g/mol. The molecule has 3 nitrogen and oxygen atoms in total. The average Bonchev–Trinajstić information content (AvgIpc) is 2.09. The molecule has 0 aliphatic heterocycles. The molecule has 0 bridgehead atoms. The van der Waals surface area contributed by atoms with E-state index in [1.807, 2.05) is 0 Å². The number of ether oxygens (including phenoxy) is 1. The molecule has 0 aliphatic rings. The lowest BCUT2D eigenvalue weighted by atomic mass is 10.3. The van der Waals surface area contributed by atoms with E-state index in [0.29, 0.717) is 10.8 Å². The van der Waals surface area contributed by atoms with Crippen molar-refractivity contribution in [2.75, 3.05) is 0 Å². The molecule has 0 aromatic heterocycles. The van der Waals surface area contributed by atoms with Crippen LogP contribution in [0.5, 0.6) is 5.75 Å². The number of nitrogens with two attached hydrogens (primary N) is 1. The Morgan fingerprint density at radius 2 is 1.71 bits per heavy atom. The van der Waals surface area contributed by atoms with Gasteiger partial charge >= 0.3 is 0 Å². The monoisotopic (exact) mass is 237 g/mol. The fraction of sp³-hybridized carbons (Fsp3) is 0.333. The molecule has 1 rings (SSSR count). The third-order valence-corrected chi connectivity index (χ3v) is 1.71. The Bertz CT molecular complexity index is 275. The van der Waals surface area contributed by atoms with Gasteiger partial charge in [-0.05, 0) is 24.3 Å². The van der Waals surface area contributed by atoms with E-state index in [0.717, 1.165) is 0 Å². The van der Waals surface area contributed by atoms with Crippen LogP contribution in [0.2, 0.25) is 5.02 Å². The van der Waals surface area contributed by atoms with Gasteiger partial charge in [-0.25, -0.2) is 5.90 Å². The van der Waals surface area contributed by atoms with Crippen LogP contribution in [-0.2, 0) is 4.84 Å². The maximum absolute atomic E-state index is 5.71. The van der Waals surface area contributed by atoms with Crippen LogP contribution in [0.25, 0.3) is 0 Å². The molecule has 0 heterocycles. The first-order valence-corrected chi connectivity index (χ1v) is 4.24. The van der Waals surface area contributed by atoms with E-state index < -0.39 is 5.79 Å². The fourth-order valence-electron chi connectivity index (χ4n) is 0.811. The van der Waals surface area contributed by atoms with Gasteiger partial charge in [0.05, 0.1) is 0 Å². The summed E-state index contributed by atoms with van der Waals surface area (Å²) in [6.45, 7) is 3.45. The van der Waals surface area contributed by atoms with Crippen molar-refractivity contribution in [3.05, 3.63) is 29.3 Å². The summed E-state index contributed by atoms with van der Waals surface area (Å²) in [5.41, 5.74) is 0. The van der Waals surface area contributed by atoms with Crippen LogP contribution in [0.3, 0.4) is 0 Å². The summed E-state index contributed by atoms with van der Waals surface area (Å²) in [7, 11) is 0. The molecule has 5 heteroatoms. The lowest BCUT2D eigenvalue weighted by molar-refractivity contribution is -0.159. The minimum atomic E-state index is -0.826. The standard InChI is InChI=1S/C9H12ClNO2.ClH/c1-9(2,13-11)12-8-5-3-7(10)4-6-8;/h3-6H,11H2,1-2H3;1H. The minimum Gasteiger partial charge on any atom is -0.461 e. The van der Waals surface area contributed by atoms with Crippen LogP contribution in [0.15, 0.2) is 24.3 Å². The molecular weight excluding hydrogens is 225 g/mol. The van der Waals surface area contributed by atoms with Gasteiger partial charge in [0.2, 0.25) is 5.79 Å². The minimum absolute atomic E-state index is 0. The van der Waals surface area contributed by atoms with Gasteiger partial charge in [-0.1, -0.05) is 11.6 Å². The van der Waals surface area contributed by atoms with E-state index in [9.17, 15) is 0 Å². The molecule has 0 saturated heterocycles. The van der Waals surface area contributed by atoms with Gasteiger partial charge in [-0.2, -0.15) is 0 Å². The molecule has 0 fully saturated rings. The van der Waals surface area contributed by atoms with E-state index in [1.165, 1.54) is 0 Å². The summed E-state index contributed by atoms with van der Waals surface area (Å²) in [6.07, 6.45) is 0. The smallest absolute Gasteiger partial charge is 0.222 e. The molecule has 14 heavy (non-hydrogen) atoms. The summed E-state index contributed by atoms with van der Waals surface area (Å²) in [5.74, 6) is 4.87. The predicted molar refractivity (Wildman–Crippen MR) is 58.7 cm³/mol. The Kier molecular flexibility index (Phi) is 5.23. The van der Waals surface area contributed by atoms with Crippen molar-refractivity contribution in [2.45, 2.75) is 19.6 Å². The van der Waals surface area contributed by atoms with E-state index >= 15 is 0 Å². The van der Waals surface area contributed by atoms with Gasteiger partial charge in [-0.15, -0.1) is 12.4 Å². The zero-order valence-electron chi connectivity index (χ0n) is 7.99. The number of rotatable bonds is 3. The Morgan fingerprint density at radius 3 is 2.14 bits per heavy atom. The molecule has 2 N–H and O–H groups in total. The van der Waals surface area contributed by atoms with Gasteiger partial charge in [-0.3, -0.25) is 4.84 Å². The maximum Gasteiger partial charge on any atom is 0.222 e. The Labute approximate surface area is 94.5 Å². The highest BCUT2D eigenvalue weighted by Crippen LogP contribution is 2.20. The Hall–Kier alpha value is -0.480. The molecular formula is C9H13Cl2NO2. The highest BCUT2D eigenvalue weighted by atomic mass is 35.5. The van der Waals surface area contributed by atoms with Crippen molar-refractivity contribution in [2.24, 2.45) is 5.90 Å². The molecule has 0 spiro atoms. The zero-order valence-corrected chi connectivity index (χ0v) is 9.56. The molecule has 1 aromatic carbocycles. The van der Waals surface area contributed by atoms with E-state index in [1.54, 1.807) is 38.1 Å². The van der Waals surface area contributed by atoms with Gasteiger partial charge < -0.3 is 4.74 Å². The van der Waals surface area contributed by atoms with Crippen molar-refractivity contribution in [3.8, 4) is 5.75 Å². The first kappa shape index (κ1) is 13.5. The van der Waals surface area contributed by atoms with Crippen molar-refractivity contribution >= 4 is 24.0 Å². The second kappa shape index (κ2) is 5.41. The van der Waals surface area contributed by atoms with Crippen molar-refractivity contribution in [3.63, 3.8) is 0 Å². The molecule has 0 amide bonds. The Balaban J connectivity index is 0.00000169. The molecule has 1 aromatic rings. The number of halogens is 2. The lowest BCUT2D eigenvalue weighted by Crippen LogP contribution is -2.34. The number of benzene rings is 1. The quantitative estimate of drug-likeness (QED) is 0.650. The van der Waals surface area contributed by atoms with Gasteiger partial charge in [0.25, 0.3) is 0 Å². The Morgan fingerprint density at radius 1 is 1.21 bits per heavy atom. The molecule has 0 radical (unpaired) electrons. The van der Waals surface area contributed by atoms with Crippen molar-refractivity contribution in [1.82, 2.24) is 0 Å². The third-order valence-electron chi connectivity index (χ3n) is 1.46. The highest BCUT2D eigenvalue weighted by molar-refractivity contribution is 6.30. The van der Waals surface area contributed by atoms with Gasteiger partial charge in [0.15, 0.2) is 0 Å². The van der Waals surface area contributed by atoms with Crippen LogP contribution in [-0.4, -0.2) is 5.79 Å². The van der Waals surface area contributed by atoms with Gasteiger partial charge in [0, 0.05) is 18.9 Å². The van der Waals surface area contributed by atoms with Gasteiger partial charge in [0.1, 0.15) is 5.75 Å². The second-order valence-corrected chi connectivity index (χ2v) is 3.51. The van der Waals surface area contributed by atoms with E-state index in [-0.39, 0.29) is 12.4 Å². The normalized spacial score (nSPS) is 10.6. The zero-order chi connectivity index (χ0) is 9.90. The first-order chi connectivity index (χ1) is 6.03. The number of hydrogen-bond donors (Lipinski definition) is 1. The largest absolute Gasteiger partial charge is 0.461 e. The second-order valence-electron chi connectivity index (χ2n) is 3.07. The molecule has 80 valence electrons. The SMILES string of the molecule is CC(C)(ON)Oc1ccc(Cl)cc1.Cl. The maximum atomic E-state index is 5.71. The molecule has 0 unspecified atom stereocenters.